The summed E-state index contributed by atoms with van der Waals surface area (Å²) in [4.78, 5) is 22.6. The van der Waals surface area contributed by atoms with Gasteiger partial charge in [-0.1, -0.05) is 92.2 Å². The van der Waals surface area contributed by atoms with Crippen LogP contribution in [0.15, 0.2) is 53.7 Å². The fourth-order valence-corrected chi connectivity index (χ4v) is 7.34. The second-order valence-electron chi connectivity index (χ2n) is 11.8. The van der Waals surface area contributed by atoms with Crippen molar-refractivity contribution in [2.75, 3.05) is 11.1 Å². The molecule has 4 aromatic rings. The average molecular weight is 569 g/mol. The summed E-state index contributed by atoms with van der Waals surface area (Å²) in [7, 11) is 0. The first-order chi connectivity index (χ1) is 19.1. The molecule has 0 radical (unpaired) electrons. The number of nitrogens with one attached hydrogen (secondary N) is 2. The van der Waals surface area contributed by atoms with E-state index in [0.29, 0.717) is 28.7 Å². The number of thiophene rings is 1. The molecule has 2 aromatic heterocycles. The summed E-state index contributed by atoms with van der Waals surface area (Å²) in [5.74, 6) is 1.10. The summed E-state index contributed by atoms with van der Waals surface area (Å²) in [6.45, 7) is 11.0. The second-order valence-corrected chi connectivity index (χ2v) is 14.0. The molecule has 0 fully saturated rings. The third-order valence-electron chi connectivity index (χ3n) is 7.77. The molecule has 2 heterocycles. The van der Waals surface area contributed by atoms with Gasteiger partial charge in [-0.2, -0.15) is 5.26 Å². The number of hydrogen-bond acceptors (Lipinski definition) is 5. The Kier molecular flexibility index (Phi) is 8.21. The monoisotopic (exact) mass is 568 g/mol. The number of nitrogens with zero attached hydrogens (tertiary/aromatic N) is 2. The molecule has 0 aliphatic heterocycles. The predicted octanol–water partition coefficient (Wildman–Crippen LogP) is 8.57. The number of carbonyl (C=O) groups is 1. The van der Waals surface area contributed by atoms with Crippen LogP contribution in [0.5, 0.6) is 0 Å². The lowest BCUT2D eigenvalue weighted by Gasteiger charge is -2.33. The molecule has 0 saturated heterocycles. The number of aromatic nitrogens is 2. The molecule has 7 heteroatoms. The van der Waals surface area contributed by atoms with Gasteiger partial charge in [0.05, 0.1) is 17.0 Å². The zero-order chi connectivity index (χ0) is 28.4. The van der Waals surface area contributed by atoms with Crippen LogP contribution in [0.1, 0.15) is 60.7 Å². The third-order valence-corrected chi connectivity index (χ3v) is 9.81. The van der Waals surface area contributed by atoms with Crippen LogP contribution in [0.25, 0.3) is 22.5 Å². The number of carbonyl (C=O) groups excluding carboxylic acids is 1. The fraction of sp³-hybridized carbons (Fsp3) is 0.364. The number of nitriles is 1. The van der Waals surface area contributed by atoms with E-state index in [0.717, 1.165) is 52.5 Å². The van der Waals surface area contributed by atoms with Crippen LogP contribution >= 0.6 is 23.1 Å². The number of H-pyrrole nitrogens is 1. The van der Waals surface area contributed by atoms with Gasteiger partial charge in [-0.05, 0) is 50.0 Å². The highest BCUT2D eigenvalue weighted by molar-refractivity contribution is 7.99. The number of benzene rings is 2. The smallest absolute Gasteiger partial charge is 0.225 e. The summed E-state index contributed by atoms with van der Waals surface area (Å²) in [6.07, 6.45) is 3.32. The molecular formula is C33H36N4OS2. The minimum Gasteiger partial charge on any atom is -0.332 e. The minimum absolute atomic E-state index is 0.0703. The average Bonchev–Trinajstić information content (AvgIpc) is 3.49. The van der Waals surface area contributed by atoms with Gasteiger partial charge in [-0.15, -0.1) is 11.3 Å². The Morgan fingerprint density at radius 2 is 1.75 bits per heavy atom. The molecule has 1 aliphatic carbocycles. The Morgan fingerprint density at radius 3 is 2.38 bits per heavy atom. The molecule has 1 aliphatic rings. The lowest BCUT2D eigenvalue weighted by molar-refractivity contribution is -0.115. The molecule has 5 nitrogen and oxygen atoms in total. The molecule has 1 amide bonds. The number of anilines is 1. The zero-order valence-electron chi connectivity index (χ0n) is 23.9. The summed E-state index contributed by atoms with van der Waals surface area (Å²) < 4.78 is 0. The highest BCUT2D eigenvalue weighted by Gasteiger charge is 2.32. The lowest BCUT2D eigenvalue weighted by atomic mass is 9.72. The van der Waals surface area contributed by atoms with Gasteiger partial charge in [0.2, 0.25) is 5.91 Å². The molecule has 1 atom stereocenters. The van der Waals surface area contributed by atoms with Gasteiger partial charge in [0.25, 0.3) is 0 Å². The van der Waals surface area contributed by atoms with Gasteiger partial charge < -0.3 is 10.3 Å². The van der Waals surface area contributed by atoms with Gasteiger partial charge in [-0.3, -0.25) is 4.79 Å². The van der Waals surface area contributed by atoms with Crippen LogP contribution in [0.3, 0.4) is 0 Å². The quantitative estimate of drug-likeness (QED) is 0.219. The van der Waals surface area contributed by atoms with Gasteiger partial charge >= 0.3 is 0 Å². The fourth-order valence-electron chi connectivity index (χ4n) is 5.23. The summed E-state index contributed by atoms with van der Waals surface area (Å²) in [6, 6.07) is 19.2. The number of rotatable bonds is 7. The first-order valence-electron chi connectivity index (χ1n) is 13.8. The molecule has 206 valence electrons. The van der Waals surface area contributed by atoms with Crippen molar-refractivity contribution in [3.05, 3.63) is 75.7 Å². The van der Waals surface area contributed by atoms with E-state index in [9.17, 15) is 10.1 Å². The number of imidazole rings is 1. The molecule has 0 saturated carbocycles. The highest BCUT2D eigenvalue weighted by atomic mass is 32.2. The van der Waals surface area contributed by atoms with Crippen LogP contribution in [0, 0.1) is 36.5 Å². The number of amides is 1. The second kappa shape index (κ2) is 11.6. The molecule has 40 heavy (non-hydrogen) atoms. The normalized spacial score (nSPS) is 14.9. The molecule has 2 aromatic carbocycles. The summed E-state index contributed by atoms with van der Waals surface area (Å²) >= 11 is 3.13. The van der Waals surface area contributed by atoms with E-state index in [1.807, 2.05) is 0 Å². The standard InChI is InChI=1S/C33H36N4OS2/c1-20-6-10-22(11-7-20)29-30(23-12-8-21(2)9-13-23)37-32(36-29)39-17-16-28(38)35-31-26(19-34)25-15-14-24(33(3,4)5)18-27(25)40-31/h6-13,24H,14-18H2,1-5H3,(H,35,38)(H,36,37). The van der Waals surface area contributed by atoms with Crippen molar-refractivity contribution in [2.24, 2.45) is 11.3 Å². The van der Waals surface area contributed by atoms with Gasteiger partial charge in [0, 0.05) is 28.2 Å². The number of fused-ring (bicyclic) bond motifs is 1. The van der Waals surface area contributed by atoms with Crippen LogP contribution in [-0.2, 0) is 17.6 Å². The first kappa shape index (κ1) is 28.2. The number of aromatic amines is 1. The maximum atomic E-state index is 12.9. The van der Waals surface area contributed by atoms with E-state index in [1.54, 1.807) is 23.1 Å². The van der Waals surface area contributed by atoms with Crippen molar-refractivity contribution in [1.29, 1.82) is 5.26 Å². The maximum absolute atomic E-state index is 12.9. The van der Waals surface area contributed by atoms with E-state index in [4.69, 9.17) is 4.98 Å². The number of thioether (sulfide) groups is 1. The van der Waals surface area contributed by atoms with Crippen molar-refractivity contribution in [1.82, 2.24) is 9.97 Å². The van der Waals surface area contributed by atoms with Crippen LogP contribution in [-0.4, -0.2) is 21.6 Å². The molecule has 0 bridgehead atoms. The Labute approximate surface area is 245 Å². The van der Waals surface area contributed by atoms with Gasteiger partial charge in [0.15, 0.2) is 5.16 Å². The molecule has 2 N–H and O–H groups in total. The molecule has 5 rings (SSSR count). The lowest BCUT2D eigenvalue weighted by Crippen LogP contribution is -2.26. The largest absolute Gasteiger partial charge is 0.332 e. The third kappa shape index (κ3) is 6.19. The zero-order valence-corrected chi connectivity index (χ0v) is 25.5. The molecular weight excluding hydrogens is 533 g/mol. The Bertz CT molecular complexity index is 1490. The van der Waals surface area contributed by atoms with E-state index >= 15 is 0 Å². The molecule has 0 spiro atoms. The summed E-state index contributed by atoms with van der Waals surface area (Å²) in [5, 5.41) is 14.4. The van der Waals surface area contributed by atoms with E-state index < -0.39 is 0 Å². The van der Waals surface area contributed by atoms with Gasteiger partial charge in [-0.25, -0.2) is 4.98 Å². The highest BCUT2D eigenvalue weighted by Crippen LogP contribution is 2.44. The van der Waals surface area contributed by atoms with Crippen molar-refractivity contribution in [2.45, 2.75) is 65.5 Å². The topological polar surface area (TPSA) is 81.6 Å². The Balaban J connectivity index is 1.27. The Hall–Kier alpha value is -3.34. The SMILES string of the molecule is Cc1ccc(-c2nc(SCCC(=O)Nc3sc4c(c3C#N)CCC(C(C)(C)C)C4)[nH]c2-c2ccc(C)cc2)cc1. The van der Waals surface area contributed by atoms with E-state index in [1.165, 1.54) is 16.0 Å². The number of aryl methyl sites for hydroxylation is 2. The van der Waals surface area contributed by atoms with E-state index in [2.05, 4.69) is 99.5 Å². The van der Waals surface area contributed by atoms with Crippen LogP contribution < -0.4 is 5.32 Å². The molecule has 1 unspecified atom stereocenters. The van der Waals surface area contributed by atoms with Crippen LogP contribution in [0.2, 0.25) is 0 Å². The van der Waals surface area contributed by atoms with E-state index in [-0.39, 0.29) is 11.3 Å². The minimum atomic E-state index is -0.0703. The predicted molar refractivity (Wildman–Crippen MR) is 167 cm³/mol. The van der Waals surface area contributed by atoms with Crippen LogP contribution in [0.4, 0.5) is 5.00 Å². The summed E-state index contributed by atoms with van der Waals surface area (Å²) in [5.41, 5.74) is 8.47. The van der Waals surface area contributed by atoms with Crippen molar-refractivity contribution in [3.8, 4) is 28.6 Å². The number of hydrogen-bond donors (Lipinski definition) is 2. The Morgan fingerprint density at radius 1 is 1.10 bits per heavy atom. The maximum Gasteiger partial charge on any atom is 0.225 e. The first-order valence-corrected chi connectivity index (χ1v) is 15.6. The van der Waals surface area contributed by atoms with Crippen molar-refractivity contribution >= 4 is 34.0 Å². The van der Waals surface area contributed by atoms with Crippen molar-refractivity contribution in [3.63, 3.8) is 0 Å². The van der Waals surface area contributed by atoms with Gasteiger partial charge in [0.1, 0.15) is 11.1 Å². The van der Waals surface area contributed by atoms with Crippen molar-refractivity contribution < 1.29 is 4.79 Å².